The zero-order valence-corrected chi connectivity index (χ0v) is 12.7. The first-order valence-electron chi connectivity index (χ1n) is 7.61. The molecule has 1 saturated heterocycles. The molecule has 1 aliphatic rings. The van der Waals surface area contributed by atoms with Crippen LogP contribution in [0.15, 0.2) is 0 Å². The maximum atomic E-state index is 12.0. The van der Waals surface area contributed by atoms with Crippen molar-refractivity contribution in [1.82, 2.24) is 5.32 Å². The Balaban J connectivity index is 2.25. The highest BCUT2D eigenvalue weighted by Gasteiger charge is 2.30. The zero-order valence-electron chi connectivity index (χ0n) is 12.7. The summed E-state index contributed by atoms with van der Waals surface area (Å²) in [5.41, 5.74) is 5.71. The van der Waals surface area contributed by atoms with Crippen LogP contribution in [0, 0.1) is 5.41 Å². The first-order chi connectivity index (χ1) is 8.98. The first kappa shape index (κ1) is 16.4. The van der Waals surface area contributed by atoms with E-state index in [1.807, 2.05) is 0 Å². The standard InChI is InChI=1S/C15H30N2O2/c1-4-5-6-9-15(2,3)11-17-14(18)13-8-7-12(10-16)19-13/h12-13H,4-11,16H2,1-3H3,(H,17,18). The van der Waals surface area contributed by atoms with Crippen molar-refractivity contribution in [3.63, 3.8) is 0 Å². The van der Waals surface area contributed by atoms with E-state index < -0.39 is 0 Å². The predicted molar refractivity (Wildman–Crippen MR) is 77.9 cm³/mol. The van der Waals surface area contributed by atoms with Gasteiger partial charge in [-0.15, -0.1) is 0 Å². The van der Waals surface area contributed by atoms with Crippen LogP contribution < -0.4 is 11.1 Å². The summed E-state index contributed by atoms with van der Waals surface area (Å²) in [6.45, 7) is 7.86. The molecule has 2 atom stereocenters. The Kier molecular flexibility index (Phi) is 6.80. The fraction of sp³-hybridized carbons (Fsp3) is 0.933. The normalized spacial score (nSPS) is 23.6. The molecular weight excluding hydrogens is 240 g/mol. The fourth-order valence-corrected chi connectivity index (χ4v) is 2.45. The maximum absolute atomic E-state index is 12.0. The van der Waals surface area contributed by atoms with Gasteiger partial charge in [0.2, 0.25) is 5.91 Å². The molecule has 0 saturated carbocycles. The van der Waals surface area contributed by atoms with Crippen molar-refractivity contribution in [2.75, 3.05) is 13.1 Å². The Bertz CT molecular complexity index is 279. The van der Waals surface area contributed by atoms with Gasteiger partial charge in [-0.2, -0.15) is 0 Å². The molecule has 1 heterocycles. The van der Waals surface area contributed by atoms with Gasteiger partial charge in [-0.3, -0.25) is 4.79 Å². The highest BCUT2D eigenvalue weighted by atomic mass is 16.5. The average Bonchev–Trinajstić information content (AvgIpc) is 2.85. The molecule has 2 unspecified atom stereocenters. The summed E-state index contributed by atoms with van der Waals surface area (Å²) in [5, 5.41) is 3.03. The fourth-order valence-electron chi connectivity index (χ4n) is 2.45. The second-order valence-electron chi connectivity index (χ2n) is 6.40. The van der Waals surface area contributed by atoms with E-state index >= 15 is 0 Å². The number of ether oxygens (including phenoxy) is 1. The number of amides is 1. The first-order valence-corrected chi connectivity index (χ1v) is 7.61. The highest BCUT2D eigenvalue weighted by molar-refractivity contribution is 5.81. The van der Waals surface area contributed by atoms with Crippen LogP contribution in [-0.4, -0.2) is 31.2 Å². The van der Waals surface area contributed by atoms with Crippen LogP contribution in [-0.2, 0) is 9.53 Å². The Labute approximate surface area is 117 Å². The minimum absolute atomic E-state index is 0.0273. The Hall–Kier alpha value is -0.610. The van der Waals surface area contributed by atoms with E-state index in [0.29, 0.717) is 6.54 Å². The lowest BCUT2D eigenvalue weighted by molar-refractivity contribution is -0.132. The van der Waals surface area contributed by atoms with E-state index in [2.05, 4.69) is 26.1 Å². The van der Waals surface area contributed by atoms with Gasteiger partial charge in [0.05, 0.1) is 6.10 Å². The molecule has 0 radical (unpaired) electrons. The number of hydrogen-bond acceptors (Lipinski definition) is 3. The van der Waals surface area contributed by atoms with Crippen LogP contribution in [0.25, 0.3) is 0 Å². The molecule has 3 N–H and O–H groups in total. The van der Waals surface area contributed by atoms with Gasteiger partial charge < -0.3 is 15.8 Å². The van der Waals surface area contributed by atoms with Crippen LogP contribution in [0.5, 0.6) is 0 Å². The van der Waals surface area contributed by atoms with Crippen molar-refractivity contribution in [1.29, 1.82) is 0 Å². The topological polar surface area (TPSA) is 64.4 Å². The van der Waals surface area contributed by atoms with E-state index in [4.69, 9.17) is 10.5 Å². The van der Waals surface area contributed by atoms with Crippen molar-refractivity contribution in [3.05, 3.63) is 0 Å². The molecule has 0 aromatic rings. The third-order valence-corrected chi connectivity index (χ3v) is 3.86. The van der Waals surface area contributed by atoms with Gasteiger partial charge in [-0.05, 0) is 24.7 Å². The maximum Gasteiger partial charge on any atom is 0.249 e. The van der Waals surface area contributed by atoms with Crippen LogP contribution in [0.1, 0.15) is 59.3 Å². The van der Waals surface area contributed by atoms with Crippen LogP contribution >= 0.6 is 0 Å². The molecule has 0 spiro atoms. The molecule has 1 rings (SSSR count). The van der Waals surface area contributed by atoms with Crippen molar-refractivity contribution in [3.8, 4) is 0 Å². The van der Waals surface area contributed by atoms with Crippen LogP contribution in [0.4, 0.5) is 0 Å². The molecule has 0 aromatic heterocycles. The molecule has 1 aliphatic heterocycles. The second kappa shape index (κ2) is 7.85. The van der Waals surface area contributed by atoms with Gasteiger partial charge in [-0.25, -0.2) is 0 Å². The van der Waals surface area contributed by atoms with Crippen LogP contribution in [0.3, 0.4) is 0 Å². The van der Waals surface area contributed by atoms with E-state index in [9.17, 15) is 4.79 Å². The minimum atomic E-state index is -0.292. The molecule has 1 fully saturated rings. The Morgan fingerprint density at radius 2 is 2.11 bits per heavy atom. The number of rotatable bonds is 8. The molecule has 1 amide bonds. The number of nitrogens with one attached hydrogen (secondary N) is 1. The molecule has 0 bridgehead atoms. The predicted octanol–water partition coefficient (Wildman–Crippen LogP) is 2.22. The summed E-state index contributed by atoms with van der Waals surface area (Å²) in [6, 6.07) is 0. The van der Waals surface area contributed by atoms with Crippen molar-refractivity contribution < 1.29 is 9.53 Å². The van der Waals surface area contributed by atoms with E-state index in [0.717, 1.165) is 25.8 Å². The summed E-state index contributed by atoms with van der Waals surface area (Å²) < 4.78 is 5.60. The minimum Gasteiger partial charge on any atom is -0.364 e. The molecule has 0 aromatic carbocycles. The molecule has 0 aliphatic carbocycles. The molecule has 4 nitrogen and oxygen atoms in total. The lowest BCUT2D eigenvalue weighted by Crippen LogP contribution is -2.40. The average molecular weight is 270 g/mol. The van der Waals surface area contributed by atoms with Crippen molar-refractivity contribution in [2.24, 2.45) is 11.1 Å². The smallest absolute Gasteiger partial charge is 0.249 e. The third-order valence-electron chi connectivity index (χ3n) is 3.86. The van der Waals surface area contributed by atoms with Gasteiger partial charge in [0.1, 0.15) is 6.10 Å². The summed E-state index contributed by atoms with van der Waals surface area (Å²) in [4.78, 5) is 12.0. The molecular formula is C15H30N2O2. The lowest BCUT2D eigenvalue weighted by Gasteiger charge is -2.25. The zero-order chi connectivity index (χ0) is 14.3. The van der Waals surface area contributed by atoms with Crippen molar-refractivity contribution >= 4 is 5.91 Å². The van der Waals surface area contributed by atoms with Gasteiger partial charge in [0.15, 0.2) is 0 Å². The van der Waals surface area contributed by atoms with Crippen molar-refractivity contribution in [2.45, 2.75) is 71.5 Å². The van der Waals surface area contributed by atoms with E-state index in [-0.39, 0.29) is 23.5 Å². The summed E-state index contributed by atoms with van der Waals surface area (Å²) in [7, 11) is 0. The molecule has 112 valence electrons. The summed E-state index contributed by atoms with van der Waals surface area (Å²) >= 11 is 0. The molecule has 4 heteroatoms. The van der Waals surface area contributed by atoms with Gasteiger partial charge in [0.25, 0.3) is 0 Å². The SMILES string of the molecule is CCCCCC(C)(C)CNC(=O)C1CCC(CN)O1. The second-order valence-corrected chi connectivity index (χ2v) is 6.40. The number of carbonyl (C=O) groups is 1. The number of nitrogens with two attached hydrogens (primary N) is 1. The molecule has 19 heavy (non-hydrogen) atoms. The van der Waals surface area contributed by atoms with Gasteiger partial charge in [-0.1, -0.05) is 40.0 Å². The van der Waals surface area contributed by atoms with E-state index in [1.54, 1.807) is 0 Å². The van der Waals surface area contributed by atoms with E-state index in [1.165, 1.54) is 19.3 Å². The largest absolute Gasteiger partial charge is 0.364 e. The number of carbonyl (C=O) groups excluding carboxylic acids is 1. The van der Waals surface area contributed by atoms with Gasteiger partial charge in [0, 0.05) is 13.1 Å². The summed E-state index contributed by atoms with van der Waals surface area (Å²) in [5.74, 6) is 0.0273. The highest BCUT2D eigenvalue weighted by Crippen LogP contribution is 2.23. The number of unbranched alkanes of at least 4 members (excludes halogenated alkanes) is 2. The Morgan fingerprint density at radius 1 is 1.37 bits per heavy atom. The monoisotopic (exact) mass is 270 g/mol. The third kappa shape index (κ3) is 5.91. The quantitative estimate of drug-likeness (QED) is 0.665. The van der Waals surface area contributed by atoms with Gasteiger partial charge >= 0.3 is 0 Å². The lowest BCUT2D eigenvalue weighted by atomic mass is 9.87. The Morgan fingerprint density at radius 3 is 2.68 bits per heavy atom. The number of hydrogen-bond donors (Lipinski definition) is 2. The van der Waals surface area contributed by atoms with Crippen LogP contribution in [0.2, 0.25) is 0 Å². The summed E-state index contributed by atoms with van der Waals surface area (Å²) in [6.07, 6.45) is 6.35.